The number of aromatic nitrogens is 3. The molecule has 9 heteroatoms. The maximum atomic E-state index is 13.3. The predicted octanol–water partition coefficient (Wildman–Crippen LogP) is 3.97. The summed E-state index contributed by atoms with van der Waals surface area (Å²) in [6.45, 7) is 3.92. The number of rotatable bonds is 8. The second kappa shape index (κ2) is 9.88. The lowest BCUT2D eigenvalue weighted by Gasteiger charge is -2.23. The van der Waals surface area contributed by atoms with Gasteiger partial charge >= 0.3 is 0 Å². The summed E-state index contributed by atoms with van der Waals surface area (Å²) in [6, 6.07) is 22.3. The van der Waals surface area contributed by atoms with Crippen molar-refractivity contribution in [2.24, 2.45) is 0 Å². The SMILES string of the molecule is CCN(c1ccccc1)S(=O)(=O)c1cccc(C(=O)N[C@@H](C)c2ccc(-n3cncn3)cc2)c1. The van der Waals surface area contributed by atoms with E-state index >= 15 is 0 Å². The molecule has 174 valence electrons. The van der Waals surface area contributed by atoms with E-state index < -0.39 is 10.0 Å². The van der Waals surface area contributed by atoms with Crippen molar-refractivity contribution < 1.29 is 13.2 Å². The molecule has 1 aromatic heterocycles. The lowest BCUT2D eigenvalue weighted by molar-refractivity contribution is 0.0939. The second-order valence-corrected chi connectivity index (χ2v) is 9.52. The molecule has 34 heavy (non-hydrogen) atoms. The molecular weight excluding hydrogens is 450 g/mol. The van der Waals surface area contributed by atoms with E-state index in [1.54, 1.807) is 54.3 Å². The van der Waals surface area contributed by atoms with Crippen LogP contribution in [0.15, 0.2) is 96.4 Å². The molecule has 0 fully saturated rings. The largest absolute Gasteiger partial charge is 0.346 e. The minimum absolute atomic E-state index is 0.0655. The van der Waals surface area contributed by atoms with E-state index in [4.69, 9.17) is 0 Å². The first kappa shape index (κ1) is 23.2. The van der Waals surface area contributed by atoms with Gasteiger partial charge in [-0.2, -0.15) is 5.10 Å². The molecule has 0 spiro atoms. The number of anilines is 1. The standard InChI is InChI=1S/C25H25N5O3S/c1-3-30(23-9-5-4-6-10-23)34(32,33)24-11-7-8-21(16-24)25(31)28-19(2)20-12-14-22(15-13-20)29-18-26-17-27-29/h4-19H,3H2,1-2H3,(H,28,31)/t19-/m0/s1. The van der Waals surface area contributed by atoms with Gasteiger partial charge in [-0.1, -0.05) is 36.4 Å². The van der Waals surface area contributed by atoms with Crippen molar-refractivity contribution in [3.63, 3.8) is 0 Å². The number of hydrogen-bond acceptors (Lipinski definition) is 5. The highest BCUT2D eigenvalue weighted by Crippen LogP contribution is 2.24. The number of nitrogens with zero attached hydrogens (tertiary/aromatic N) is 4. The molecule has 0 saturated heterocycles. The van der Waals surface area contributed by atoms with E-state index in [0.717, 1.165) is 11.3 Å². The number of benzene rings is 3. The molecule has 0 bridgehead atoms. The van der Waals surface area contributed by atoms with Gasteiger partial charge in [-0.3, -0.25) is 9.10 Å². The fourth-order valence-electron chi connectivity index (χ4n) is 3.63. The fourth-order valence-corrected chi connectivity index (χ4v) is 5.15. The van der Waals surface area contributed by atoms with Gasteiger partial charge in [0.05, 0.1) is 22.3 Å². The van der Waals surface area contributed by atoms with Crippen LogP contribution in [0.2, 0.25) is 0 Å². The maximum absolute atomic E-state index is 13.3. The Kier molecular flexibility index (Phi) is 6.74. The number of nitrogens with one attached hydrogen (secondary N) is 1. The van der Waals surface area contributed by atoms with Crippen LogP contribution in [-0.4, -0.2) is 35.6 Å². The fraction of sp³-hybridized carbons (Fsp3) is 0.160. The van der Waals surface area contributed by atoms with Gasteiger partial charge in [0, 0.05) is 12.1 Å². The van der Waals surface area contributed by atoms with Gasteiger partial charge in [0.1, 0.15) is 12.7 Å². The summed E-state index contributed by atoms with van der Waals surface area (Å²) in [4.78, 5) is 16.9. The molecule has 1 atom stereocenters. The third-order valence-electron chi connectivity index (χ3n) is 5.44. The Labute approximate surface area is 198 Å². The van der Waals surface area contributed by atoms with E-state index in [0.29, 0.717) is 5.69 Å². The molecule has 0 aliphatic rings. The predicted molar refractivity (Wildman–Crippen MR) is 130 cm³/mol. The number of para-hydroxylation sites is 1. The highest BCUT2D eigenvalue weighted by molar-refractivity contribution is 7.92. The zero-order chi connectivity index (χ0) is 24.1. The van der Waals surface area contributed by atoms with Crippen LogP contribution in [0.4, 0.5) is 5.69 Å². The summed E-state index contributed by atoms with van der Waals surface area (Å²) in [7, 11) is -3.83. The Balaban J connectivity index is 1.51. The summed E-state index contributed by atoms with van der Waals surface area (Å²) in [6.07, 6.45) is 3.07. The van der Waals surface area contributed by atoms with Crippen LogP contribution in [-0.2, 0) is 10.0 Å². The van der Waals surface area contributed by atoms with E-state index in [1.165, 1.54) is 22.8 Å². The van der Waals surface area contributed by atoms with Gasteiger partial charge < -0.3 is 5.32 Å². The Bertz CT molecular complexity index is 1360. The molecule has 0 saturated carbocycles. The second-order valence-electron chi connectivity index (χ2n) is 7.66. The van der Waals surface area contributed by atoms with Gasteiger partial charge in [0.2, 0.25) is 0 Å². The van der Waals surface area contributed by atoms with Crippen LogP contribution in [0.5, 0.6) is 0 Å². The molecule has 0 aliphatic heterocycles. The minimum Gasteiger partial charge on any atom is -0.346 e. The summed E-state index contributed by atoms with van der Waals surface area (Å²) in [5, 5.41) is 7.04. The van der Waals surface area contributed by atoms with Crippen LogP contribution in [0.3, 0.4) is 0 Å². The average molecular weight is 476 g/mol. The topological polar surface area (TPSA) is 97.2 Å². The highest BCUT2D eigenvalue weighted by atomic mass is 32.2. The quantitative estimate of drug-likeness (QED) is 0.416. The van der Waals surface area contributed by atoms with Gasteiger partial charge in [-0.05, 0) is 61.9 Å². The van der Waals surface area contributed by atoms with Crippen LogP contribution in [0.25, 0.3) is 5.69 Å². The molecule has 0 radical (unpaired) electrons. The summed E-state index contributed by atoms with van der Waals surface area (Å²) in [5.74, 6) is -0.354. The first-order valence-electron chi connectivity index (χ1n) is 10.8. The van der Waals surface area contributed by atoms with Crippen molar-refractivity contribution in [2.45, 2.75) is 24.8 Å². The van der Waals surface area contributed by atoms with Crippen LogP contribution in [0, 0.1) is 0 Å². The summed E-state index contributed by atoms with van der Waals surface area (Å²) in [5.41, 5.74) is 2.61. The summed E-state index contributed by atoms with van der Waals surface area (Å²) >= 11 is 0. The maximum Gasteiger partial charge on any atom is 0.264 e. The van der Waals surface area contributed by atoms with Gasteiger partial charge in [0.25, 0.3) is 15.9 Å². The number of carbonyl (C=O) groups is 1. The number of amides is 1. The van der Waals surface area contributed by atoms with Crippen molar-refractivity contribution in [1.29, 1.82) is 0 Å². The van der Waals surface area contributed by atoms with Crippen molar-refractivity contribution in [2.75, 3.05) is 10.8 Å². The molecule has 3 aromatic carbocycles. The molecule has 0 unspecified atom stereocenters. The lowest BCUT2D eigenvalue weighted by Crippen LogP contribution is -2.31. The number of sulfonamides is 1. The Morgan fingerprint density at radius 2 is 1.76 bits per heavy atom. The molecule has 1 heterocycles. The zero-order valence-corrected chi connectivity index (χ0v) is 19.7. The van der Waals surface area contributed by atoms with Crippen molar-refractivity contribution in [1.82, 2.24) is 20.1 Å². The van der Waals surface area contributed by atoms with E-state index in [2.05, 4.69) is 15.4 Å². The van der Waals surface area contributed by atoms with Crippen molar-refractivity contribution in [3.8, 4) is 5.69 Å². The normalized spacial score (nSPS) is 12.2. The molecule has 4 rings (SSSR count). The molecule has 1 amide bonds. The first-order valence-corrected chi connectivity index (χ1v) is 12.3. The number of carbonyl (C=O) groups excluding carboxylic acids is 1. The third kappa shape index (κ3) is 4.84. The van der Waals surface area contributed by atoms with Crippen molar-refractivity contribution in [3.05, 3.63) is 103 Å². The van der Waals surface area contributed by atoms with E-state index in [1.807, 2.05) is 37.3 Å². The minimum atomic E-state index is -3.83. The van der Waals surface area contributed by atoms with Gasteiger partial charge in [-0.25, -0.2) is 18.1 Å². The zero-order valence-electron chi connectivity index (χ0n) is 18.9. The molecule has 1 N–H and O–H groups in total. The van der Waals surface area contributed by atoms with Gasteiger partial charge in [0.15, 0.2) is 0 Å². The average Bonchev–Trinajstić information content (AvgIpc) is 3.40. The van der Waals surface area contributed by atoms with Crippen molar-refractivity contribution >= 4 is 21.6 Å². The number of hydrogen-bond donors (Lipinski definition) is 1. The van der Waals surface area contributed by atoms with E-state index in [-0.39, 0.29) is 29.0 Å². The molecule has 4 aromatic rings. The molecule has 0 aliphatic carbocycles. The first-order chi connectivity index (χ1) is 16.4. The lowest BCUT2D eigenvalue weighted by atomic mass is 10.1. The third-order valence-corrected chi connectivity index (χ3v) is 7.34. The Hall–Kier alpha value is -3.98. The molecular formula is C25H25N5O3S. The van der Waals surface area contributed by atoms with Crippen LogP contribution in [0.1, 0.15) is 35.8 Å². The monoisotopic (exact) mass is 475 g/mol. The van der Waals surface area contributed by atoms with Crippen LogP contribution >= 0.6 is 0 Å². The highest BCUT2D eigenvalue weighted by Gasteiger charge is 2.24. The molecule has 8 nitrogen and oxygen atoms in total. The van der Waals surface area contributed by atoms with Crippen LogP contribution < -0.4 is 9.62 Å². The smallest absolute Gasteiger partial charge is 0.264 e. The Morgan fingerprint density at radius 3 is 2.41 bits per heavy atom. The summed E-state index contributed by atoms with van der Waals surface area (Å²) < 4.78 is 29.6. The van der Waals surface area contributed by atoms with E-state index in [9.17, 15) is 13.2 Å². The van der Waals surface area contributed by atoms with Gasteiger partial charge in [-0.15, -0.1) is 0 Å². The Morgan fingerprint density at radius 1 is 1.03 bits per heavy atom.